The molecule has 70 valence electrons. The number of benzene rings is 1. The summed E-state index contributed by atoms with van der Waals surface area (Å²) >= 11 is 6.06. The standard InChI is InChI=1S/C11H14ClN/c1-3-6-11(13-2)9-7-4-5-8-10(9)12/h3-5,7-8,11,13H,1,6H2,2H3. The van der Waals surface area contributed by atoms with Crippen molar-refractivity contribution < 1.29 is 0 Å². The van der Waals surface area contributed by atoms with Gasteiger partial charge in [0.05, 0.1) is 0 Å². The van der Waals surface area contributed by atoms with Crippen molar-refractivity contribution in [2.45, 2.75) is 12.5 Å². The monoisotopic (exact) mass is 195 g/mol. The second-order valence-corrected chi connectivity index (χ2v) is 3.29. The molecule has 0 amide bonds. The highest BCUT2D eigenvalue weighted by molar-refractivity contribution is 6.31. The van der Waals surface area contributed by atoms with Gasteiger partial charge in [0.2, 0.25) is 0 Å². The summed E-state index contributed by atoms with van der Waals surface area (Å²) in [6.45, 7) is 3.72. The first-order valence-corrected chi connectivity index (χ1v) is 4.70. The molecule has 1 rings (SSSR count). The van der Waals surface area contributed by atoms with Crippen LogP contribution in [0.15, 0.2) is 36.9 Å². The van der Waals surface area contributed by atoms with Gasteiger partial charge in [0.25, 0.3) is 0 Å². The summed E-state index contributed by atoms with van der Waals surface area (Å²) in [5, 5.41) is 4.01. The van der Waals surface area contributed by atoms with Crippen molar-refractivity contribution in [2.24, 2.45) is 0 Å². The molecule has 2 heteroatoms. The van der Waals surface area contributed by atoms with Crippen LogP contribution in [0.5, 0.6) is 0 Å². The fourth-order valence-corrected chi connectivity index (χ4v) is 1.59. The molecular formula is C11H14ClN. The van der Waals surface area contributed by atoms with Crippen LogP contribution in [0, 0.1) is 0 Å². The Labute approximate surface area is 84.4 Å². The first kappa shape index (κ1) is 10.3. The normalized spacial score (nSPS) is 12.5. The van der Waals surface area contributed by atoms with Crippen LogP contribution in [-0.4, -0.2) is 7.05 Å². The second kappa shape index (κ2) is 5.05. The highest BCUT2D eigenvalue weighted by Crippen LogP contribution is 2.24. The Balaban J connectivity index is 2.90. The first-order chi connectivity index (χ1) is 6.29. The molecule has 1 N–H and O–H groups in total. The van der Waals surface area contributed by atoms with E-state index >= 15 is 0 Å². The molecule has 0 aliphatic heterocycles. The number of rotatable bonds is 4. The maximum Gasteiger partial charge on any atom is 0.0453 e. The zero-order valence-electron chi connectivity index (χ0n) is 7.76. The number of hydrogen-bond acceptors (Lipinski definition) is 1. The van der Waals surface area contributed by atoms with Gasteiger partial charge in [0.1, 0.15) is 0 Å². The van der Waals surface area contributed by atoms with Gasteiger partial charge in [-0.1, -0.05) is 35.9 Å². The Morgan fingerprint density at radius 2 is 2.23 bits per heavy atom. The highest BCUT2D eigenvalue weighted by Gasteiger charge is 2.09. The lowest BCUT2D eigenvalue weighted by Crippen LogP contribution is -2.15. The van der Waals surface area contributed by atoms with E-state index < -0.39 is 0 Å². The van der Waals surface area contributed by atoms with Gasteiger partial charge in [-0.25, -0.2) is 0 Å². The molecule has 1 unspecified atom stereocenters. The van der Waals surface area contributed by atoms with Gasteiger partial charge in [-0.05, 0) is 25.1 Å². The van der Waals surface area contributed by atoms with E-state index in [1.807, 2.05) is 37.4 Å². The molecule has 0 radical (unpaired) electrons. The number of nitrogens with one attached hydrogen (secondary N) is 1. The summed E-state index contributed by atoms with van der Waals surface area (Å²) < 4.78 is 0. The molecular weight excluding hydrogens is 182 g/mol. The topological polar surface area (TPSA) is 12.0 Å². The van der Waals surface area contributed by atoms with Crippen molar-refractivity contribution in [1.29, 1.82) is 0 Å². The highest BCUT2D eigenvalue weighted by atomic mass is 35.5. The van der Waals surface area contributed by atoms with Gasteiger partial charge >= 0.3 is 0 Å². The van der Waals surface area contributed by atoms with Crippen molar-refractivity contribution in [2.75, 3.05) is 7.05 Å². The van der Waals surface area contributed by atoms with Gasteiger partial charge in [0, 0.05) is 11.1 Å². The minimum atomic E-state index is 0.270. The van der Waals surface area contributed by atoms with E-state index in [1.165, 1.54) is 0 Å². The van der Waals surface area contributed by atoms with Crippen molar-refractivity contribution >= 4 is 11.6 Å². The summed E-state index contributed by atoms with van der Waals surface area (Å²) in [5.41, 5.74) is 1.13. The molecule has 0 aliphatic rings. The average molecular weight is 196 g/mol. The van der Waals surface area contributed by atoms with Crippen LogP contribution in [0.25, 0.3) is 0 Å². The molecule has 0 saturated heterocycles. The lowest BCUT2D eigenvalue weighted by molar-refractivity contribution is 0.604. The van der Waals surface area contributed by atoms with Crippen LogP contribution in [-0.2, 0) is 0 Å². The SMILES string of the molecule is C=CCC(NC)c1ccccc1Cl. The van der Waals surface area contributed by atoms with E-state index in [9.17, 15) is 0 Å². The van der Waals surface area contributed by atoms with Crippen molar-refractivity contribution in [1.82, 2.24) is 5.32 Å². The smallest absolute Gasteiger partial charge is 0.0453 e. The fourth-order valence-electron chi connectivity index (χ4n) is 1.32. The lowest BCUT2D eigenvalue weighted by atomic mass is 10.0. The molecule has 13 heavy (non-hydrogen) atoms. The lowest BCUT2D eigenvalue weighted by Gasteiger charge is -2.15. The van der Waals surface area contributed by atoms with Crippen LogP contribution >= 0.6 is 11.6 Å². The van der Waals surface area contributed by atoms with E-state index in [2.05, 4.69) is 11.9 Å². The van der Waals surface area contributed by atoms with Crippen LogP contribution in [0.2, 0.25) is 5.02 Å². The first-order valence-electron chi connectivity index (χ1n) is 4.32. The van der Waals surface area contributed by atoms with E-state index in [-0.39, 0.29) is 6.04 Å². The van der Waals surface area contributed by atoms with E-state index in [0.29, 0.717) is 0 Å². The minimum Gasteiger partial charge on any atom is -0.313 e. The third-order valence-corrected chi connectivity index (χ3v) is 2.38. The molecule has 1 atom stereocenters. The summed E-state index contributed by atoms with van der Waals surface area (Å²) in [5.74, 6) is 0. The second-order valence-electron chi connectivity index (χ2n) is 2.89. The minimum absolute atomic E-state index is 0.270. The Morgan fingerprint density at radius 1 is 1.54 bits per heavy atom. The van der Waals surface area contributed by atoms with Crippen LogP contribution in [0.3, 0.4) is 0 Å². The summed E-state index contributed by atoms with van der Waals surface area (Å²) in [6, 6.07) is 8.14. The molecule has 1 aromatic rings. The molecule has 1 aromatic carbocycles. The molecule has 0 spiro atoms. The Hall–Kier alpha value is -0.790. The van der Waals surface area contributed by atoms with E-state index in [1.54, 1.807) is 0 Å². The largest absolute Gasteiger partial charge is 0.313 e. The van der Waals surface area contributed by atoms with E-state index in [4.69, 9.17) is 11.6 Å². The predicted molar refractivity (Wildman–Crippen MR) is 58.1 cm³/mol. The van der Waals surface area contributed by atoms with Gasteiger partial charge < -0.3 is 5.32 Å². The molecule has 0 saturated carbocycles. The molecule has 1 nitrogen and oxygen atoms in total. The molecule has 0 aliphatic carbocycles. The zero-order chi connectivity index (χ0) is 9.68. The maximum atomic E-state index is 6.06. The van der Waals surface area contributed by atoms with Crippen molar-refractivity contribution in [3.63, 3.8) is 0 Å². The zero-order valence-corrected chi connectivity index (χ0v) is 8.51. The van der Waals surface area contributed by atoms with Crippen molar-refractivity contribution in [3.05, 3.63) is 47.5 Å². The quantitative estimate of drug-likeness (QED) is 0.728. The third kappa shape index (κ3) is 2.58. The molecule has 0 heterocycles. The number of halogens is 1. The van der Waals surface area contributed by atoms with Crippen LogP contribution in [0.4, 0.5) is 0 Å². The fraction of sp³-hybridized carbons (Fsp3) is 0.273. The summed E-state index contributed by atoms with van der Waals surface area (Å²) in [7, 11) is 1.93. The van der Waals surface area contributed by atoms with E-state index in [0.717, 1.165) is 17.0 Å². The van der Waals surface area contributed by atoms with Crippen LogP contribution in [0.1, 0.15) is 18.0 Å². The van der Waals surface area contributed by atoms with Gasteiger partial charge in [-0.3, -0.25) is 0 Å². The number of hydrogen-bond donors (Lipinski definition) is 1. The molecule has 0 bridgehead atoms. The summed E-state index contributed by atoms with van der Waals surface area (Å²) in [4.78, 5) is 0. The van der Waals surface area contributed by atoms with Crippen LogP contribution < -0.4 is 5.32 Å². The predicted octanol–water partition coefficient (Wildman–Crippen LogP) is 3.18. The Morgan fingerprint density at radius 3 is 2.77 bits per heavy atom. The van der Waals surface area contributed by atoms with Gasteiger partial charge in [-0.2, -0.15) is 0 Å². The molecule has 0 aromatic heterocycles. The van der Waals surface area contributed by atoms with Gasteiger partial charge in [-0.15, -0.1) is 6.58 Å². The Bertz CT molecular complexity index is 283. The maximum absolute atomic E-state index is 6.06. The Kier molecular flexibility index (Phi) is 4.00. The average Bonchev–Trinajstić information content (AvgIpc) is 2.16. The van der Waals surface area contributed by atoms with Crippen molar-refractivity contribution in [3.8, 4) is 0 Å². The molecule has 0 fully saturated rings. The third-order valence-electron chi connectivity index (χ3n) is 2.03. The van der Waals surface area contributed by atoms with Gasteiger partial charge in [0.15, 0.2) is 0 Å². The summed E-state index contributed by atoms with van der Waals surface area (Å²) in [6.07, 6.45) is 2.78.